The number of esters is 1. The molecule has 0 aromatic heterocycles. The zero-order chi connectivity index (χ0) is 11.4. The van der Waals surface area contributed by atoms with Crippen LogP contribution < -0.4 is 0 Å². The van der Waals surface area contributed by atoms with Crippen molar-refractivity contribution in [3.63, 3.8) is 0 Å². The number of hydrogen-bond donors (Lipinski definition) is 0. The van der Waals surface area contributed by atoms with Crippen molar-refractivity contribution < 1.29 is 9.53 Å². The molecule has 2 atom stereocenters. The molecule has 0 heterocycles. The van der Waals surface area contributed by atoms with Crippen LogP contribution in [0.2, 0.25) is 0 Å². The number of hydrogen-bond acceptors (Lipinski definition) is 2. The van der Waals surface area contributed by atoms with Gasteiger partial charge in [0.15, 0.2) is 0 Å². The molecule has 86 valence electrons. The van der Waals surface area contributed by atoms with E-state index < -0.39 is 0 Å². The second kappa shape index (κ2) is 5.15. The van der Waals surface area contributed by atoms with Crippen molar-refractivity contribution in [3.8, 4) is 0 Å². The summed E-state index contributed by atoms with van der Waals surface area (Å²) in [5, 5.41) is 0. The van der Waals surface area contributed by atoms with Crippen LogP contribution in [0, 0.1) is 0 Å². The van der Waals surface area contributed by atoms with Gasteiger partial charge in [0.2, 0.25) is 0 Å². The Morgan fingerprint density at radius 3 is 2.56 bits per heavy atom. The van der Waals surface area contributed by atoms with E-state index in [1.807, 2.05) is 6.07 Å². The fraction of sp³-hybridized carbons (Fsp3) is 0.500. The predicted molar refractivity (Wildman–Crippen MR) is 63.2 cm³/mol. The van der Waals surface area contributed by atoms with E-state index in [1.165, 1.54) is 25.3 Å². The van der Waals surface area contributed by atoms with Gasteiger partial charge in [0.25, 0.3) is 0 Å². The molecular formula is C14H18O2. The molecule has 0 aliphatic heterocycles. The number of carbonyl (C=O) groups excluding carboxylic acids is 1. The Hall–Kier alpha value is -1.31. The van der Waals surface area contributed by atoms with E-state index in [1.54, 1.807) is 0 Å². The minimum atomic E-state index is -0.159. The highest BCUT2D eigenvalue weighted by Crippen LogP contribution is 2.34. The summed E-state index contributed by atoms with van der Waals surface area (Å²) >= 11 is 0. The van der Waals surface area contributed by atoms with Crippen LogP contribution in [0.3, 0.4) is 0 Å². The van der Waals surface area contributed by atoms with Gasteiger partial charge in [-0.3, -0.25) is 4.79 Å². The van der Waals surface area contributed by atoms with Crippen LogP contribution in [0.15, 0.2) is 30.3 Å². The van der Waals surface area contributed by atoms with Crippen molar-refractivity contribution in [2.24, 2.45) is 0 Å². The quantitative estimate of drug-likeness (QED) is 0.712. The van der Waals surface area contributed by atoms with Crippen molar-refractivity contribution in [3.05, 3.63) is 35.9 Å². The first kappa shape index (κ1) is 11.2. The SMILES string of the molecule is CC(=O)O[C@@H]1CCCC[C@@H]1c1ccccc1. The molecular weight excluding hydrogens is 200 g/mol. The van der Waals surface area contributed by atoms with Crippen LogP contribution in [-0.4, -0.2) is 12.1 Å². The Morgan fingerprint density at radius 2 is 1.88 bits per heavy atom. The van der Waals surface area contributed by atoms with Gasteiger partial charge in [0.05, 0.1) is 0 Å². The average Bonchev–Trinajstić information content (AvgIpc) is 2.30. The molecule has 0 bridgehead atoms. The second-order valence-electron chi connectivity index (χ2n) is 4.45. The van der Waals surface area contributed by atoms with Crippen molar-refractivity contribution in [1.82, 2.24) is 0 Å². The smallest absolute Gasteiger partial charge is 0.302 e. The largest absolute Gasteiger partial charge is 0.462 e. The van der Waals surface area contributed by atoms with Crippen LogP contribution >= 0.6 is 0 Å². The van der Waals surface area contributed by atoms with Crippen molar-refractivity contribution in [1.29, 1.82) is 0 Å². The third kappa shape index (κ3) is 2.63. The van der Waals surface area contributed by atoms with Gasteiger partial charge in [-0.25, -0.2) is 0 Å². The Labute approximate surface area is 96.6 Å². The highest BCUT2D eigenvalue weighted by atomic mass is 16.5. The first-order chi connectivity index (χ1) is 7.77. The maximum absolute atomic E-state index is 11.1. The van der Waals surface area contributed by atoms with Gasteiger partial charge in [-0.2, -0.15) is 0 Å². The van der Waals surface area contributed by atoms with Crippen molar-refractivity contribution >= 4 is 5.97 Å². The van der Waals surface area contributed by atoms with Crippen LogP contribution in [0.25, 0.3) is 0 Å². The van der Waals surface area contributed by atoms with Crippen LogP contribution in [0.4, 0.5) is 0 Å². The lowest BCUT2D eigenvalue weighted by Crippen LogP contribution is -2.27. The van der Waals surface area contributed by atoms with Crippen LogP contribution in [0.5, 0.6) is 0 Å². The molecule has 1 aromatic rings. The van der Waals surface area contributed by atoms with Gasteiger partial charge >= 0.3 is 5.97 Å². The van der Waals surface area contributed by atoms with Gasteiger partial charge < -0.3 is 4.74 Å². The summed E-state index contributed by atoms with van der Waals surface area (Å²) in [6.45, 7) is 1.50. The van der Waals surface area contributed by atoms with E-state index in [-0.39, 0.29) is 12.1 Å². The van der Waals surface area contributed by atoms with E-state index in [0.29, 0.717) is 5.92 Å². The van der Waals surface area contributed by atoms with Crippen molar-refractivity contribution in [2.75, 3.05) is 0 Å². The second-order valence-corrected chi connectivity index (χ2v) is 4.45. The third-order valence-electron chi connectivity index (χ3n) is 3.25. The van der Waals surface area contributed by atoms with E-state index in [9.17, 15) is 4.79 Å². The highest BCUT2D eigenvalue weighted by Gasteiger charge is 2.28. The third-order valence-corrected chi connectivity index (χ3v) is 3.25. The lowest BCUT2D eigenvalue weighted by Gasteiger charge is -2.31. The molecule has 1 aliphatic carbocycles. The fourth-order valence-corrected chi connectivity index (χ4v) is 2.53. The van der Waals surface area contributed by atoms with Gasteiger partial charge in [-0.05, 0) is 24.8 Å². The minimum Gasteiger partial charge on any atom is -0.462 e. The Morgan fingerprint density at radius 1 is 1.19 bits per heavy atom. The molecule has 1 saturated carbocycles. The number of rotatable bonds is 2. The monoisotopic (exact) mass is 218 g/mol. The fourth-order valence-electron chi connectivity index (χ4n) is 2.53. The van der Waals surface area contributed by atoms with E-state index in [0.717, 1.165) is 12.8 Å². The summed E-state index contributed by atoms with van der Waals surface area (Å²) in [5.74, 6) is 0.228. The zero-order valence-electron chi connectivity index (χ0n) is 9.69. The van der Waals surface area contributed by atoms with Gasteiger partial charge in [-0.15, -0.1) is 0 Å². The number of ether oxygens (including phenoxy) is 1. The molecule has 2 nitrogen and oxygen atoms in total. The maximum Gasteiger partial charge on any atom is 0.302 e. The average molecular weight is 218 g/mol. The molecule has 16 heavy (non-hydrogen) atoms. The normalized spacial score (nSPS) is 25.1. The highest BCUT2D eigenvalue weighted by molar-refractivity contribution is 5.66. The Kier molecular flexibility index (Phi) is 3.60. The Balaban J connectivity index is 2.13. The lowest BCUT2D eigenvalue weighted by molar-refractivity contribution is -0.148. The molecule has 0 radical (unpaired) electrons. The number of carbonyl (C=O) groups is 1. The number of benzene rings is 1. The van der Waals surface area contributed by atoms with Crippen molar-refractivity contribution in [2.45, 2.75) is 44.6 Å². The summed E-state index contributed by atoms with van der Waals surface area (Å²) in [7, 11) is 0. The molecule has 0 spiro atoms. The molecule has 1 aliphatic rings. The van der Waals surface area contributed by atoms with Gasteiger partial charge in [0, 0.05) is 12.8 Å². The molecule has 0 unspecified atom stereocenters. The maximum atomic E-state index is 11.1. The summed E-state index contributed by atoms with van der Waals surface area (Å²) in [6, 6.07) is 10.4. The standard InChI is InChI=1S/C14H18O2/c1-11(15)16-14-10-6-5-9-13(14)12-7-3-2-4-8-12/h2-4,7-8,13-14H,5-6,9-10H2,1H3/t13-,14-/m1/s1. The Bertz CT molecular complexity index is 345. The van der Waals surface area contributed by atoms with Crippen LogP contribution in [-0.2, 0) is 9.53 Å². The molecule has 2 heteroatoms. The molecule has 0 N–H and O–H groups in total. The van der Waals surface area contributed by atoms with E-state index in [2.05, 4.69) is 24.3 Å². The first-order valence-corrected chi connectivity index (χ1v) is 5.99. The molecule has 2 rings (SSSR count). The molecule has 0 amide bonds. The van der Waals surface area contributed by atoms with Gasteiger partial charge in [-0.1, -0.05) is 36.8 Å². The predicted octanol–water partition coefficient (Wildman–Crippen LogP) is 3.28. The lowest BCUT2D eigenvalue weighted by atomic mass is 9.81. The zero-order valence-corrected chi connectivity index (χ0v) is 9.69. The van der Waals surface area contributed by atoms with E-state index in [4.69, 9.17) is 4.74 Å². The first-order valence-electron chi connectivity index (χ1n) is 5.99. The molecule has 1 aromatic carbocycles. The molecule has 0 saturated heterocycles. The van der Waals surface area contributed by atoms with E-state index >= 15 is 0 Å². The van der Waals surface area contributed by atoms with Crippen LogP contribution in [0.1, 0.15) is 44.1 Å². The summed E-state index contributed by atoms with van der Waals surface area (Å²) in [6.07, 6.45) is 4.60. The topological polar surface area (TPSA) is 26.3 Å². The van der Waals surface area contributed by atoms with Gasteiger partial charge in [0.1, 0.15) is 6.10 Å². The molecule has 1 fully saturated rings. The summed E-state index contributed by atoms with van der Waals surface area (Å²) in [4.78, 5) is 11.1. The minimum absolute atomic E-state index is 0.0775. The summed E-state index contributed by atoms with van der Waals surface area (Å²) < 4.78 is 5.42. The summed E-state index contributed by atoms with van der Waals surface area (Å²) in [5.41, 5.74) is 1.30.